The van der Waals surface area contributed by atoms with Gasteiger partial charge in [0.25, 0.3) is 0 Å². The second-order valence-corrected chi connectivity index (χ2v) is 6.24. The summed E-state index contributed by atoms with van der Waals surface area (Å²) in [5.74, 6) is 0.336. The molecule has 25 heavy (non-hydrogen) atoms. The van der Waals surface area contributed by atoms with Crippen LogP contribution >= 0.6 is 11.6 Å². The third-order valence-corrected chi connectivity index (χ3v) is 4.43. The van der Waals surface area contributed by atoms with Crippen LogP contribution in [0.3, 0.4) is 0 Å². The molecule has 1 atom stereocenters. The van der Waals surface area contributed by atoms with Crippen LogP contribution in [0.5, 0.6) is 5.88 Å². The van der Waals surface area contributed by atoms with Gasteiger partial charge >= 0.3 is 0 Å². The topological polar surface area (TPSA) is 67.3 Å². The molecule has 1 aromatic heterocycles. The highest BCUT2D eigenvalue weighted by Gasteiger charge is 2.27. The highest BCUT2D eigenvalue weighted by Crippen LogP contribution is 2.24. The first-order chi connectivity index (χ1) is 12.1. The first kappa shape index (κ1) is 17.4. The number of ether oxygens (including phenoxy) is 1. The molecule has 0 aliphatic carbocycles. The first-order valence-electron chi connectivity index (χ1n) is 7.95. The van der Waals surface area contributed by atoms with Crippen LogP contribution in [0.1, 0.15) is 12.8 Å². The largest absolute Gasteiger partial charge is 0.480 e. The molecule has 1 fully saturated rings. The Kier molecular flexibility index (Phi) is 5.33. The summed E-state index contributed by atoms with van der Waals surface area (Å²) in [6.07, 6.45) is 1.65. The molecule has 0 radical (unpaired) electrons. The number of methoxy groups -OCH3 is 1. The summed E-state index contributed by atoms with van der Waals surface area (Å²) < 4.78 is 18.2. The van der Waals surface area contributed by atoms with E-state index in [0.717, 1.165) is 19.4 Å². The molecule has 2 aromatic rings. The molecule has 2 heterocycles. The molecule has 3 rings (SSSR count). The Labute approximate surface area is 149 Å². The van der Waals surface area contributed by atoms with Gasteiger partial charge in [0, 0.05) is 24.8 Å². The standard InChI is InChI=1S/C17H18ClFN4O2/c1-25-16-7-6-15(21-22-16)23-8-2-3-11(10-23)17(24)20-12-4-5-14(19)13(18)9-12/h4-7,9,11H,2-3,8,10H2,1H3,(H,20,24). The van der Waals surface area contributed by atoms with Gasteiger partial charge in [-0.1, -0.05) is 11.6 Å². The van der Waals surface area contributed by atoms with Gasteiger partial charge in [0.2, 0.25) is 11.8 Å². The summed E-state index contributed by atoms with van der Waals surface area (Å²) >= 11 is 5.75. The van der Waals surface area contributed by atoms with Gasteiger partial charge in [-0.25, -0.2) is 4.39 Å². The number of anilines is 2. The molecule has 6 nitrogen and oxygen atoms in total. The van der Waals surface area contributed by atoms with Crippen LogP contribution in [-0.4, -0.2) is 36.3 Å². The molecule has 1 aromatic carbocycles. The lowest BCUT2D eigenvalue weighted by Gasteiger charge is -2.32. The third kappa shape index (κ3) is 4.17. The summed E-state index contributed by atoms with van der Waals surface area (Å²) in [5, 5.41) is 10.9. The molecule has 0 saturated carbocycles. The molecule has 0 spiro atoms. The lowest BCUT2D eigenvalue weighted by molar-refractivity contribution is -0.120. The number of piperidine rings is 1. The van der Waals surface area contributed by atoms with Crippen molar-refractivity contribution in [1.29, 1.82) is 0 Å². The lowest BCUT2D eigenvalue weighted by Crippen LogP contribution is -2.41. The minimum Gasteiger partial charge on any atom is -0.480 e. The zero-order valence-electron chi connectivity index (χ0n) is 13.7. The van der Waals surface area contributed by atoms with Gasteiger partial charge in [0.05, 0.1) is 18.1 Å². The van der Waals surface area contributed by atoms with E-state index in [-0.39, 0.29) is 16.8 Å². The van der Waals surface area contributed by atoms with Crippen molar-refractivity contribution in [2.24, 2.45) is 5.92 Å². The maximum absolute atomic E-state index is 13.2. The van der Waals surface area contributed by atoms with Gasteiger partial charge in [-0.3, -0.25) is 4.79 Å². The van der Waals surface area contributed by atoms with Crippen molar-refractivity contribution in [2.45, 2.75) is 12.8 Å². The molecule has 0 bridgehead atoms. The van der Waals surface area contributed by atoms with E-state index in [1.54, 1.807) is 6.07 Å². The maximum atomic E-state index is 13.2. The van der Waals surface area contributed by atoms with Gasteiger partial charge in [-0.15, -0.1) is 10.2 Å². The van der Waals surface area contributed by atoms with Gasteiger partial charge in [0.1, 0.15) is 5.82 Å². The summed E-state index contributed by atoms with van der Waals surface area (Å²) in [6, 6.07) is 7.70. The smallest absolute Gasteiger partial charge is 0.233 e. The summed E-state index contributed by atoms with van der Waals surface area (Å²) in [4.78, 5) is 14.5. The number of hydrogen-bond acceptors (Lipinski definition) is 5. The molecular formula is C17H18ClFN4O2. The van der Waals surface area contributed by atoms with Crippen molar-refractivity contribution in [3.8, 4) is 5.88 Å². The number of carbonyl (C=O) groups excluding carboxylic acids is 1. The van der Waals surface area contributed by atoms with Crippen LogP contribution in [0.25, 0.3) is 0 Å². The number of hydrogen-bond donors (Lipinski definition) is 1. The first-order valence-corrected chi connectivity index (χ1v) is 8.33. The second kappa shape index (κ2) is 7.65. The monoisotopic (exact) mass is 364 g/mol. The van der Waals surface area contributed by atoms with Crippen LogP contribution in [0.15, 0.2) is 30.3 Å². The normalized spacial score (nSPS) is 17.2. The van der Waals surface area contributed by atoms with Crippen molar-refractivity contribution in [2.75, 3.05) is 30.4 Å². The Hall–Kier alpha value is -2.41. The highest BCUT2D eigenvalue weighted by atomic mass is 35.5. The predicted octanol–water partition coefficient (Wildman–Crippen LogP) is 3.13. The Bertz CT molecular complexity index is 757. The summed E-state index contributed by atoms with van der Waals surface area (Å²) in [6.45, 7) is 1.36. The molecule has 1 saturated heterocycles. The van der Waals surface area contributed by atoms with E-state index in [0.29, 0.717) is 23.9 Å². The molecule has 1 aliphatic heterocycles. The van der Waals surface area contributed by atoms with Crippen LogP contribution in [-0.2, 0) is 4.79 Å². The third-order valence-electron chi connectivity index (χ3n) is 4.14. The molecule has 1 aliphatic rings. The number of halogens is 2. The molecule has 1 amide bonds. The fourth-order valence-electron chi connectivity index (χ4n) is 2.81. The number of nitrogens with one attached hydrogen (secondary N) is 1. The van der Waals surface area contributed by atoms with Crippen molar-refractivity contribution in [1.82, 2.24) is 10.2 Å². The van der Waals surface area contributed by atoms with Crippen molar-refractivity contribution in [3.63, 3.8) is 0 Å². The number of amides is 1. The fraction of sp³-hybridized carbons (Fsp3) is 0.353. The minimum absolute atomic E-state index is 0.0171. The molecular weight excluding hydrogens is 347 g/mol. The maximum Gasteiger partial charge on any atom is 0.233 e. The number of carbonyl (C=O) groups is 1. The number of benzene rings is 1. The molecule has 1 unspecified atom stereocenters. The molecule has 8 heteroatoms. The van der Waals surface area contributed by atoms with Crippen LogP contribution in [0, 0.1) is 11.7 Å². The van der Waals surface area contributed by atoms with E-state index in [2.05, 4.69) is 15.5 Å². The average Bonchev–Trinajstić information content (AvgIpc) is 2.65. The number of rotatable bonds is 4. The van der Waals surface area contributed by atoms with Gasteiger partial charge in [-0.05, 0) is 37.1 Å². The zero-order valence-corrected chi connectivity index (χ0v) is 14.5. The van der Waals surface area contributed by atoms with E-state index in [1.807, 2.05) is 11.0 Å². The van der Waals surface area contributed by atoms with Crippen molar-refractivity contribution < 1.29 is 13.9 Å². The van der Waals surface area contributed by atoms with Crippen molar-refractivity contribution in [3.05, 3.63) is 41.2 Å². The van der Waals surface area contributed by atoms with Crippen LogP contribution < -0.4 is 15.0 Å². The Morgan fingerprint density at radius 3 is 2.88 bits per heavy atom. The van der Waals surface area contributed by atoms with Gasteiger partial charge in [-0.2, -0.15) is 0 Å². The Morgan fingerprint density at radius 2 is 2.20 bits per heavy atom. The van der Waals surface area contributed by atoms with E-state index in [4.69, 9.17) is 16.3 Å². The van der Waals surface area contributed by atoms with Gasteiger partial charge in [0.15, 0.2) is 5.82 Å². The quantitative estimate of drug-likeness (QED) is 0.902. The zero-order chi connectivity index (χ0) is 17.8. The number of nitrogens with zero attached hydrogens (tertiary/aromatic N) is 3. The summed E-state index contributed by atoms with van der Waals surface area (Å²) in [5.41, 5.74) is 0.484. The minimum atomic E-state index is -0.512. The average molecular weight is 365 g/mol. The fourth-order valence-corrected chi connectivity index (χ4v) is 2.99. The van der Waals surface area contributed by atoms with E-state index in [9.17, 15) is 9.18 Å². The summed E-state index contributed by atoms with van der Waals surface area (Å²) in [7, 11) is 1.53. The van der Waals surface area contributed by atoms with Crippen molar-refractivity contribution >= 4 is 29.0 Å². The van der Waals surface area contributed by atoms with E-state index < -0.39 is 5.82 Å². The lowest BCUT2D eigenvalue weighted by atomic mass is 9.97. The number of aromatic nitrogens is 2. The van der Waals surface area contributed by atoms with Gasteiger partial charge < -0.3 is 15.0 Å². The van der Waals surface area contributed by atoms with Crippen LogP contribution in [0.4, 0.5) is 15.9 Å². The SMILES string of the molecule is COc1ccc(N2CCCC(C(=O)Nc3ccc(F)c(Cl)c3)C2)nn1. The Morgan fingerprint density at radius 1 is 1.36 bits per heavy atom. The van der Waals surface area contributed by atoms with Crippen LogP contribution in [0.2, 0.25) is 5.02 Å². The molecule has 132 valence electrons. The highest BCUT2D eigenvalue weighted by molar-refractivity contribution is 6.31. The van der Waals surface area contributed by atoms with E-state index in [1.165, 1.54) is 25.3 Å². The Balaban J connectivity index is 1.65. The second-order valence-electron chi connectivity index (χ2n) is 5.84. The van der Waals surface area contributed by atoms with E-state index >= 15 is 0 Å². The predicted molar refractivity (Wildman–Crippen MR) is 93.6 cm³/mol. The molecule has 1 N–H and O–H groups in total.